The van der Waals surface area contributed by atoms with Gasteiger partial charge in [-0.05, 0) is 49.2 Å². The van der Waals surface area contributed by atoms with Gasteiger partial charge in [-0.15, -0.1) is 10.2 Å². The summed E-state index contributed by atoms with van der Waals surface area (Å²) in [5.74, 6) is 1.42. The Balaban J connectivity index is 1.42. The molecule has 0 saturated carbocycles. The maximum Gasteiger partial charge on any atom is 0.229 e. The van der Waals surface area contributed by atoms with Crippen LogP contribution in [-0.4, -0.2) is 34.2 Å². The number of carbonyl (C=O) groups is 1. The molecule has 4 heterocycles. The van der Waals surface area contributed by atoms with Crippen LogP contribution in [0.25, 0.3) is 11.5 Å². The SMILES string of the molecule is O=C(Nc1ccncc1)C1CCCN(c2ccc(-c3ccco3)nn2)C1. The van der Waals surface area contributed by atoms with Crippen LogP contribution in [0.15, 0.2) is 59.5 Å². The number of hydrogen-bond acceptors (Lipinski definition) is 6. The summed E-state index contributed by atoms with van der Waals surface area (Å²) in [7, 11) is 0. The number of pyridine rings is 1. The number of carbonyl (C=O) groups excluding carboxylic acids is 1. The van der Waals surface area contributed by atoms with Gasteiger partial charge in [0.1, 0.15) is 5.69 Å². The number of furan rings is 1. The number of amides is 1. The number of rotatable bonds is 4. The summed E-state index contributed by atoms with van der Waals surface area (Å²) in [5, 5.41) is 11.5. The zero-order valence-electron chi connectivity index (χ0n) is 14.2. The summed E-state index contributed by atoms with van der Waals surface area (Å²) in [6, 6.07) is 11.1. The van der Waals surface area contributed by atoms with E-state index in [0.717, 1.165) is 30.9 Å². The molecule has 0 aliphatic carbocycles. The molecule has 0 aromatic carbocycles. The minimum Gasteiger partial charge on any atom is -0.463 e. The Hall–Kier alpha value is -3.22. The van der Waals surface area contributed by atoms with Crippen molar-refractivity contribution in [3.8, 4) is 11.5 Å². The molecular formula is C19H19N5O2. The molecule has 26 heavy (non-hydrogen) atoms. The van der Waals surface area contributed by atoms with Crippen molar-refractivity contribution in [3.05, 3.63) is 55.1 Å². The molecule has 7 heteroatoms. The van der Waals surface area contributed by atoms with Gasteiger partial charge in [-0.2, -0.15) is 0 Å². The van der Waals surface area contributed by atoms with Crippen LogP contribution < -0.4 is 10.2 Å². The van der Waals surface area contributed by atoms with E-state index in [4.69, 9.17) is 4.42 Å². The summed E-state index contributed by atoms with van der Waals surface area (Å²) in [4.78, 5) is 18.6. The van der Waals surface area contributed by atoms with Gasteiger partial charge >= 0.3 is 0 Å². The van der Waals surface area contributed by atoms with Crippen molar-refractivity contribution in [2.24, 2.45) is 5.92 Å². The second-order valence-corrected chi connectivity index (χ2v) is 6.26. The molecule has 7 nitrogen and oxygen atoms in total. The lowest BCUT2D eigenvalue weighted by Gasteiger charge is -2.32. The minimum atomic E-state index is -0.0801. The highest BCUT2D eigenvalue weighted by molar-refractivity contribution is 5.92. The molecule has 1 aliphatic heterocycles. The number of nitrogens with one attached hydrogen (secondary N) is 1. The molecule has 1 saturated heterocycles. The molecule has 0 spiro atoms. The Kier molecular flexibility index (Phi) is 4.59. The highest BCUT2D eigenvalue weighted by Crippen LogP contribution is 2.24. The normalized spacial score (nSPS) is 17.1. The Morgan fingerprint density at radius 2 is 2.04 bits per heavy atom. The van der Waals surface area contributed by atoms with Crippen LogP contribution in [0.3, 0.4) is 0 Å². The lowest BCUT2D eigenvalue weighted by atomic mass is 9.97. The third-order valence-corrected chi connectivity index (χ3v) is 4.49. The van der Waals surface area contributed by atoms with E-state index in [1.54, 1.807) is 30.8 Å². The molecule has 1 N–H and O–H groups in total. The van der Waals surface area contributed by atoms with E-state index < -0.39 is 0 Å². The molecule has 1 fully saturated rings. The van der Waals surface area contributed by atoms with E-state index in [0.29, 0.717) is 18.0 Å². The third kappa shape index (κ3) is 3.56. The molecule has 0 radical (unpaired) electrons. The second kappa shape index (κ2) is 7.35. The maximum atomic E-state index is 12.5. The summed E-state index contributed by atoms with van der Waals surface area (Å²) in [6.45, 7) is 1.50. The zero-order chi connectivity index (χ0) is 17.8. The van der Waals surface area contributed by atoms with Crippen molar-refractivity contribution in [3.63, 3.8) is 0 Å². The minimum absolute atomic E-state index is 0.0288. The van der Waals surface area contributed by atoms with Gasteiger partial charge in [-0.3, -0.25) is 9.78 Å². The molecule has 3 aromatic heterocycles. The fourth-order valence-corrected chi connectivity index (χ4v) is 3.13. The van der Waals surface area contributed by atoms with Crippen molar-refractivity contribution in [1.82, 2.24) is 15.2 Å². The smallest absolute Gasteiger partial charge is 0.229 e. The average Bonchev–Trinajstić information content (AvgIpc) is 3.24. The Bertz CT molecular complexity index is 849. The van der Waals surface area contributed by atoms with Gasteiger partial charge in [-0.1, -0.05) is 0 Å². The Morgan fingerprint density at radius 3 is 2.77 bits per heavy atom. The van der Waals surface area contributed by atoms with Crippen molar-refractivity contribution >= 4 is 17.4 Å². The first kappa shape index (κ1) is 16.3. The topological polar surface area (TPSA) is 84.2 Å². The molecule has 4 rings (SSSR count). The highest BCUT2D eigenvalue weighted by Gasteiger charge is 2.26. The second-order valence-electron chi connectivity index (χ2n) is 6.26. The van der Waals surface area contributed by atoms with E-state index in [2.05, 4.69) is 25.4 Å². The van der Waals surface area contributed by atoms with E-state index in [1.165, 1.54) is 0 Å². The number of piperidine rings is 1. The van der Waals surface area contributed by atoms with Crippen LogP contribution in [0.2, 0.25) is 0 Å². The lowest BCUT2D eigenvalue weighted by molar-refractivity contribution is -0.120. The fourth-order valence-electron chi connectivity index (χ4n) is 3.13. The summed E-state index contributed by atoms with van der Waals surface area (Å²) in [6.07, 6.45) is 6.75. The molecule has 1 aliphatic rings. The quantitative estimate of drug-likeness (QED) is 0.779. The van der Waals surface area contributed by atoms with Crippen LogP contribution in [0.1, 0.15) is 12.8 Å². The molecule has 1 amide bonds. The van der Waals surface area contributed by atoms with Crippen molar-refractivity contribution in [2.45, 2.75) is 12.8 Å². The molecule has 0 bridgehead atoms. The predicted molar refractivity (Wildman–Crippen MR) is 97.5 cm³/mol. The Morgan fingerprint density at radius 1 is 1.15 bits per heavy atom. The zero-order valence-corrected chi connectivity index (χ0v) is 14.2. The lowest BCUT2D eigenvalue weighted by Crippen LogP contribution is -2.41. The van der Waals surface area contributed by atoms with E-state index >= 15 is 0 Å². The van der Waals surface area contributed by atoms with Crippen LogP contribution in [-0.2, 0) is 4.79 Å². The standard InChI is InChI=1S/C19H19N5O2/c25-19(21-15-7-9-20-10-8-15)14-3-1-11-24(13-14)18-6-5-16(22-23-18)17-4-2-12-26-17/h2,4-10,12,14H,1,3,11,13H2,(H,20,21,25). The van der Waals surface area contributed by atoms with E-state index in [-0.39, 0.29) is 11.8 Å². The first-order valence-corrected chi connectivity index (χ1v) is 8.63. The molecule has 3 aromatic rings. The van der Waals surface area contributed by atoms with Crippen LogP contribution in [0.4, 0.5) is 11.5 Å². The predicted octanol–water partition coefficient (Wildman–Crippen LogP) is 2.99. The van der Waals surface area contributed by atoms with E-state index in [1.807, 2.05) is 24.3 Å². The van der Waals surface area contributed by atoms with Crippen molar-refractivity contribution in [1.29, 1.82) is 0 Å². The first-order chi connectivity index (χ1) is 12.8. The summed E-state index contributed by atoms with van der Waals surface area (Å²) >= 11 is 0. The number of aromatic nitrogens is 3. The summed E-state index contributed by atoms with van der Waals surface area (Å²) < 4.78 is 5.34. The van der Waals surface area contributed by atoms with E-state index in [9.17, 15) is 4.79 Å². The van der Waals surface area contributed by atoms with Crippen LogP contribution >= 0.6 is 0 Å². The van der Waals surface area contributed by atoms with Gasteiger partial charge in [0.2, 0.25) is 5.91 Å². The number of nitrogens with zero attached hydrogens (tertiary/aromatic N) is 4. The molecule has 132 valence electrons. The monoisotopic (exact) mass is 349 g/mol. The number of hydrogen-bond donors (Lipinski definition) is 1. The van der Waals surface area contributed by atoms with Crippen molar-refractivity contribution in [2.75, 3.05) is 23.3 Å². The highest BCUT2D eigenvalue weighted by atomic mass is 16.3. The van der Waals surface area contributed by atoms with Crippen molar-refractivity contribution < 1.29 is 9.21 Å². The summed E-state index contributed by atoms with van der Waals surface area (Å²) in [5.41, 5.74) is 1.47. The fraction of sp³-hybridized carbons (Fsp3) is 0.263. The molecular weight excluding hydrogens is 330 g/mol. The van der Waals surface area contributed by atoms with Crippen LogP contribution in [0, 0.1) is 5.92 Å². The molecule has 1 atom stereocenters. The van der Waals surface area contributed by atoms with Gasteiger partial charge in [-0.25, -0.2) is 0 Å². The maximum absolute atomic E-state index is 12.5. The van der Waals surface area contributed by atoms with Gasteiger partial charge in [0.05, 0.1) is 12.2 Å². The Labute approximate surface area is 151 Å². The molecule has 1 unspecified atom stereocenters. The average molecular weight is 349 g/mol. The van der Waals surface area contributed by atoms with Gasteiger partial charge in [0.15, 0.2) is 11.6 Å². The largest absolute Gasteiger partial charge is 0.463 e. The van der Waals surface area contributed by atoms with Crippen LogP contribution in [0.5, 0.6) is 0 Å². The van der Waals surface area contributed by atoms with Gasteiger partial charge < -0.3 is 14.6 Å². The third-order valence-electron chi connectivity index (χ3n) is 4.49. The van der Waals surface area contributed by atoms with Gasteiger partial charge in [0, 0.05) is 31.2 Å². The first-order valence-electron chi connectivity index (χ1n) is 8.63. The number of anilines is 2. The van der Waals surface area contributed by atoms with Gasteiger partial charge in [0.25, 0.3) is 0 Å².